The van der Waals surface area contributed by atoms with E-state index in [-0.39, 0.29) is 18.4 Å². The largest absolute Gasteiger partial charge is 0.481 e. The molecule has 5 heteroatoms. The monoisotopic (exact) mass is 245 g/mol. The standard InChI is InChI=1S/C12H23NO4/c1-10(2)17-9-5-8-13-11(14)6-3-4-7-12(15)16/h10H,3-9H2,1-2H3,(H,13,14)(H,15,16). The molecule has 0 bridgehead atoms. The summed E-state index contributed by atoms with van der Waals surface area (Å²) in [6.07, 6.45) is 2.74. The van der Waals surface area contributed by atoms with E-state index >= 15 is 0 Å². The summed E-state index contributed by atoms with van der Waals surface area (Å²) in [6, 6.07) is 0. The average Bonchev–Trinajstić information content (AvgIpc) is 2.23. The number of aliphatic carboxylic acids is 1. The molecule has 0 atom stereocenters. The average molecular weight is 245 g/mol. The quantitative estimate of drug-likeness (QED) is 0.573. The number of carboxylic acids is 1. The maximum Gasteiger partial charge on any atom is 0.303 e. The first-order valence-corrected chi connectivity index (χ1v) is 6.12. The van der Waals surface area contributed by atoms with Gasteiger partial charge in [0.1, 0.15) is 0 Å². The smallest absolute Gasteiger partial charge is 0.303 e. The van der Waals surface area contributed by atoms with Crippen LogP contribution >= 0.6 is 0 Å². The SMILES string of the molecule is CC(C)OCCCNC(=O)CCCCC(=O)O. The molecule has 0 saturated carbocycles. The molecule has 0 saturated heterocycles. The highest BCUT2D eigenvalue weighted by Gasteiger charge is 2.02. The summed E-state index contributed by atoms with van der Waals surface area (Å²) >= 11 is 0. The molecule has 0 aliphatic heterocycles. The number of rotatable bonds is 10. The van der Waals surface area contributed by atoms with Gasteiger partial charge in [0.25, 0.3) is 0 Å². The Morgan fingerprint density at radius 2 is 1.82 bits per heavy atom. The van der Waals surface area contributed by atoms with Crippen LogP contribution in [-0.4, -0.2) is 36.2 Å². The van der Waals surface area contributed by atoms with Gasteiger partial charge in [-0.1, -0.05) is 0 Å². The lowest BCUT2D eigenvalue weighted by molar-refractivity contribution is -0.137. The molecule has 2 N–H and O–H groups in total. The van der Waals surface area contributed by atoms with Crippen molar-refractivity contribution in [2.75, 3.05) is 13.2 Å². The molecule has 17 heavy (non-hydrogen) atoms. The summed E-state index contributed by atoms with van der Waals surface area (Å²) in [5.74, 6) is -0.823. The molecule has 0 rings (SSSR count). The topological polar surface area (TPSA) is 75.6 Å². The van der Waals surface area contributed by atoms with E-state index in [1.165, 1.54) is 0 Å². The Kier molecular flexibility index (Phi) is 9.43. The summed E-state index contributed by atoms with van der Waals surface area (Å²) in [5.41, 5.74) is 0. The summed E-state index contributed by atoms with van der Waals surface area (Å²) in [7, 11) is 0. The number of carbonyl (C=O) groups is 2. The maximum absolute atomic E-state index is 11.3. The molecular formula is C12H23NO4. The fourth-order valence-electron chi connectivity index (χ4n) is 1.27. The van der Waals surface area contributed by atoms with Crippen molar-refractivity contribution in [3.05, 3.63) is 0 Å². The normalized spacial score (nSPS) is 10.5. The van der Waals surface area contributed by atoms with Crippen molar-refractivity contribution in [2.24, 2.45) is 0 Å². The summed E-state index contributed by atoms with van der Waals surface area (Å²) in [6.45, 7) is 5.21. The Bertz CT molecular complexity index is 229. The van der Waals surface area contributed by atoms with Gasteiger partial charge in [0.2, 0.25) is 5.91 Å². The van der Waals surface area contributed by atoms with Gasteiger partial charge < -0.3 is 15.2 Å². The Balaban J connectivity index is 3.26. The molecule has 0 aliphatic carbocycles. The molecule has 0 heterocycles. The van der Waals surface area contributed by atoms with E-state index in [2.05, 4.69) is 5.32 Å². The second-order valence-corrected chi connectivity index (χ2v) is 4.22. The highest BCUT2D eigenvalue weighted by Crippen LogP contribution is 1.99. The van der Waals surface area contributed by atoms with Gasteiger partial charge in [-0.2, -0.15) is 0 Å². The number of nitrogens with one attached hydrogen (secondary N) is 1. The molecule has 0 radical (unpaired) electrons. The Hall–Kier alpha value is -1.10. The van der Waals surface area contributed by atoms with Gasteiger partial charge in [-0.15, -0.1) is 0 Å². The molecule has 0 aliphatic rings. The number of hydrogen-bond donors (Lipinski definition) is 2. The molecule has 0 unspecified atom stereocenters. The minimum Gasteiger partial charge on any atom is -0.481 e. The number of amides is 1. The van der Waals surface area contributed by atoms with Crippen LogP contribution in [0.5, 0.6) is 0 Å². The maximum atomic E-state index is 11.3. The third kappa shape index (κ3) is 12.8. The third-order valence-corrected chi connectivity index (χ3v) is 2.14. The number of ether oxygens (including phenoxy) is 1. The van der Waals surface area contributed by atoms with Crippen LogP contribution in [0.1, 0.15) is 46.0 Å². The van der Waals surface area contributed by atoms with Crippen LogP contribution in [0.3, 0.4) is 0 Å². The van der Waals surface area contributed by atoms with Crippen LogP contribution < -0.4 is 5.32 Å². The van der Waals surface area contributed by atoms with Crippen molar-refractivity contribution in [2.45, 2.75) is 52.1 Å². The molecule has 0 spiro atoms. The highest BCUT2D eigenvalue weighted by molar-refractivity contribution is 5.75. The minimum atomic E-state index is -0.809. The first-order valence-electron chi connectivity index (χ1n) is 6.12. The lowest BCUT2D eigenvalue weighted by Crippen LogP contribution is -2.25. The van der Waals surface area contributed by atoms with E-state index in [0.717, 1.165) is 6.42 Å². The first-order chi connectivity index (χ1) is 8.02. The van der Waals surface area contributed by atoms with Crippen molar-refractivity contribution in [1.82, 2.24) is 5.32 Å². The van der Waals surface area contributed by atoms with Gasteiger partial charge >= 0.3 is 5.97 Å². The molecule has 0 fully saturated rings. The Labute approximate surface area is 103 Å². The fraction of sp³-hybridized carbons (Fsp3) is 0.833. The Morgan fingerprint density at radius 3 is 2.41 bits per heavy atom. The fourth-order valence-corrected chi connectivity index (χ4v) is 1.27. The van der Waals surface area contributed by atoms with E-state index < -0.39 is 5.97 Å². The number of hydrogen-bond acceptors (Lipinski definition) is 3. The lowest BCUT2D eigenvalue weighted by Gasteiger charge is -2.08. The van der Waals surface area contributed by atoms with Crippen molar-refractivity contribution in [1.29, 1.82) is 0 Å². The zero-order valence-corrected chi connectivity index (χ0v) is 10.7. The van der Waals surface area contributed by atoms with Crippen LogP contribution in [0.25, 0.3) is 0 Å². The van der Waals surface area contributed by atoms with E-state index in [9.17, 15) is 9.59 Å². The van der Waals surface area contributed by atoms with Crippen LogP contribution in [-0.2, 0) is 14.3 Å². The minimum absolute atomic E-state index is 0.0139. The molecule has 0 aromatic rings. The molecule has 1 amide bonds. The second-order valence-electron chi connectivity index (χ2n) is 4.22. The van der Waals surface area contributed by atoms with Gasteiger partial charge in [-0.25, -0.2) is 0 Å². The molecule has 100 valence electrons. The second kappa shape index (κ2) is 10.1. The molecular weight excluding hydrogens is 222 g/mol. The summed E-state index contributed by atoms with van der Waals surface area (Å²) in [4.78, 5) is 21.5. The number of carboxylic acid groups (broad SMARTS) is 1. The van der Waals surface area contributed by atoms with Crippen LogP contribution in [0.4, 0.5) is 0 Å². The van der Waals surface area contributed by atoms with E-state index in [1.54, 1.807) is 0 Å². The Morgan fingerprint density at radius 1 is 1.18 bits per heavy atom. The number of unbranched alkanes of at least 4 members (excludes halogenated alkanes) is 1. The van der Waals surface area contributed by atoms with Crippen LogP contribution in [0.15, 0.2) is 0 Å². The predicted molar refractivity (Wildman–Crippen MR) is 64.8 cm³/mol. The summed E-state index contributed by atoms with van der Waals surface area (Å²) < 4.78 is 5.33. The third-order valence-electron chi connectivity index (χ3n) is 2.14. The van der Waals surface area contributed by atoms with Crippen molar-refractivity contribution in [3.8, 4) is 0 Å². The molecule has 0 aromatic carbocycles. The van der Waals surface area contributed by atoms with Crippen molar-refractivity contribution in [3.63, 3.8) is 0 Å². The zero-order valence-electron chi connectivity index (χ0n) is 10.7. The van der Waals surface area contributed by atoms with Gasteiger partial charge in [0.05, 0.1) is 6.10 Å². The lowest BCUT2D eigenvalue weighted by atomic mass is 10.2. The first kappa shape index (κ1) is 15.9. The molecule has 0 aromatic heterocycles. The zero-order chi connectivity index (χ0) is 13.1. The van der Waals surface area contributed by atoms with E-state index in [4.69, 9.17) is 9.84 Å². The van der Waals surface area contributed by atoms with Crippen LogP contribution in [0.2, 0.25) is 0 Å². The number of carbonyl (C=O) groups excluding carboxylic acids is 1. The summed E-state index contributed by atoms with van der Waals surface area (Å²) in [5, 5.41) is 11.2. The van der Waals surface area contributed by atoms with Gasteiger partial charge in [-0.05, 0) is 33.1 Å². The van der Waals surface area contributed by atoms with Crippen molar-refractivity contribution >= 4 is 11.9 Å². The van der Waals surface area contributed by atoms with E-state index in [1.807, 2.05) is 13.8 Å². The van der Waals surface area contributed by atoms with Crippen LogP contribution in [0, 0.1) is 0 Å². The van der Waals surface area contributed by atoms with E-state index in [0.29, 0.717) is 32.4 Å². The van der Waals surface area contributed by atoms with Gasteiger partial charge in [-0.3, -0.25) is 9.59 Å². The predicted octanol–water partition coefficient (Wildman–Crippen LogP) is 1.56. The highest BCUT2D eigenvalue weighted by atomic mass is 16.5. The van der Waals surface area contributed by atoms with Crippen molar-refractivity contribution < 1.29 is 19.4 Å². The molecule has 5 nitrogen and oxygen atoms in total. The van der Waals surface area contributed by atoms with Gasteiger partial charge in [0.15, 0.2) is 0 Å². The van der Waals surface area contributed by atoms with Gasteiger partial charge in [0, 0.05) is 26.0 Å².